The second kappa shape index (κ2) is 4.13. The molecule has 0 spiro atoms. The van der Waals surface area contributed by atoms with Crippen LogP contribution in [0.1, 0.15) is 26.7 Å². The highest BCUT2D eigenvalue weighted by molar-refractivity contribution is 8.02. The van der Waals surface area contributed by atoms with Gasteiger partial charge in [0.25, 0.3) is 5.91 Å². The average Bonchev–Trinajstić information content (AvgIpc) is 3.09. The Bertz CT molecular complexity index is 472. The number of fused-ring (bicyclic) bond motifs is 1. The highest BCUT2D eigenvalue weighted by Gasteiger charge is 2.63. The molecule has 0 aromatic rings. The molecule has 0 bridgehead atoms. The Hall–Kier alpha value is -1.24. The first-order chi connectivity index (χ1) is 8.92. The quantitative estimate of drug-likeness (QED) is 0.613. The molecule has 3 fully saturated rings. The van der Waals surface area contributed by atoms with Gasteiger partial charge in [0.05, 0.1) is 0 Å². The fourth-order valence-electron chi connectivity index (χ4n) is 2.46. The van der Waals surface area contributed by atoms with Crippen molar-refractivity contribution in [3.63, 3.8) is 0 Å². The summed E-state index contributed by atoms with van der Waals surface area (Å²) in [5.74, 6) is -0.701. The first-order valence-electron chi connectivity index (χ1n) is 6.35. The standard InChI is InChI=1S/C12H16N2O4S/c1-12(2)8(11(16)17)14-9(15)7(10(14)19-12)13-18-5-6-3-4-6/h6,8,10H,3-5H2,1-2H3,(H,16,17)/b13-7+/t8-,10+/m0/s1. The van der Waals surface area contributed by atoms with E-state index in [-0.39, 0.29) is 11.3 Å². The number of thioether (sulfide) groups is 1. The zero-order valence-electron chi connectivity index (χ0n) is 10.8. The van der Waals surface area contributed by atoms with Gasteiger partial charge in [-0.15, -0.1) is 11.8 Å². The molecule has 0 aromatic carbocycles. The molecule has 2 saturated heterocycles. The van der Waals surface area contributed by atoms with Gasteiger partial charge < -0.3 is 14.8 Å². The number of amides is 1. The van der Waals surface area contributed by atoms with Crippen molar-refractivity contribution in [1.29, 1.82) is 0 Å². The molecule has 2 aliphatic heterocycles. The van der Waals surface area contributed by atoms with Gasteiger partial charge in [0.2, 0.25) is 0 Å². The second-order valence-electron chi connectivity index (χ2n) is 5.74. The predicted octanol–water partition coefficient (Wildman–Crippen LogP) is 0.916. The van der Waals surface area contributed by atoms with Crippen LogP contribution in [0.15, 0.2) is 5.16 Å². The molecule has 19 heavy (non-hydrogen) atoms. The van der Waals surface area contributed by atoms with Gasteiger partial charge >= 0.3 is 5.97 Å². The molecule has 6 nitrogen and oxygen atoms in total. The van der Waals surface area contributed by atoms with E-state index in [1.165, 1.54) is 16.7 Å². The third kappa shape index (κ3) is 2.00. The summed E-state index contributed by atoms with van der Waals surface area (Å²) >= 11 is 1.45. The van der Waals surface area contributed by atoms with Crippen LogP contribution >= 0.6 is 11.8 Å². The summed E-state index contributed by atoms with van der Waals surface area (Å²) in [6.07, 6.45) is 2.33. The molecular weight excluding hydrogens is 268 g/mol. The Morgan fingerprint density at radius 2 is 2.26 bits per heavy atom. The van der Waals surface area contributed by atoms with E-state index in [9.17, 15) is 14.7 Å². The molecule has 0 unspecified atom stereocenters. The van der Waals surface area contributed by atoms with Crippen LogP contribution < -0.4 is 0 Å². The van der Waals surface area contributed by atoms with Crippen molar-refractivity contribution >= 4 is 29.4 Å². The summed E-state index contributed by atoms with van der Waals surface area (Å²) in [6.45, 7) is 4.23. The van der Waals surface area contributed by atoms with Crippen molar-refractivity contribution in [3.8, 4) is 0 Å². The number of aliphatic carboxylic acids is 1. The molecule has 1 saturated carbocycles. The topological polar surface area (TPSA) is 79.2 Å². The summed E-state index contributed by atoms with van der Waals surface area (Å²) in [5, 5.41) is 12.9. The van der Waals surface area contributed by atoms with Crippen LogP contribution in [0.5, 0.6) is 0 Å². The van der Waals surface area contributed by atoms with Crippen molar-refractivity contribution in [2.45, 2.75) is 42.9 Å². The van der Waals surface area contributed by atoms with Crippen LogP contribution in [0.25, 0.3) is 0 Å². The first-order valence-corrected chi connectivity index (χ1v) is 7.23. The van der Waals surface area contributed by atoms with E-state index >= 15 is 0 Å². The summed E-state index contributed by atoms with van der Waals surface area (Å²) in [7, 11) is 0. The molecule has 1 amide bonds. The van der Waals surface area contributed by atoms with Gasteiger partial charge in [-0.2, -0.15) is 0 Å². The zero-order chi connectivity index (χ0) is 13.8. The molecule has 2 atom stereocenters. The maximum absolute atomic E-state index is 12.0. The lowest BCUT2D eigenvalue weighted by molar-refractivity contribution is -0.150. The summed E-state index contributed by atoms with van der Waals surface area (Å²) < 4.78 is -0.514. The van der Waals surface area contributed by atoms with Gasteiger partial charge in [0.15, 0.2) is 5.71 Å². The van der Waals surface area contributed by atoms with Crippen LogP contribution in [0, 0.1) is 5.92 Å². The molecular formula is C12H16N2O4S. The summed E-state index contributed by atoms with van der Waals surface area (Å²) in [5.41, 5.74) is 0.350. The SMILES string of the molecule is CC1(C)S[C@@H]2/C(=N/OCC3CC3)C(=O)N2[C@H]1C(=O)O. The third-order valence-corrected chi connectivity index (χ3v) is 5.20. The lowest BCUT2D eigenvalue weighted by Crippen LogP contribution is -2.63. The molecule has 3 aliphatic rings. The predicted molar refractivity (Wildman–Crippen MR) is 69.8 cm³/mol. The Morgan fingerprint density at radius 3 is 2.84 bits per heavy atom. The number of oxime groups is 1. The fraction of sp³-hybridized carbons (Fsp3) is 0.750. The molecule has 1 N–H and O–H groups in total. The van der Waals surface area contributed by atoms with E-state index in [2.05, 4.69) is 5.16 Å². The maximum atomic E-state index is 12.0. The van der Waals surface area contributed by atoms with Crippen molar-refractivity contribution in [2.24, 2.45) is 11.1 Å². The van der Waals surface area contributed by atoms with Gasteiger partial charge in [0, 0.05) is 4.75 Å². The van der Waals surface area contributed by atoms with Gasteiger partial charge in [-0.05, 0) is 32.6 Å². The van der Waals surface area contributed by atoms with E-state index in [4.69, 9.17) is 4.84 Å². The second-order valence-corrected chi connectivity index (χ2v) is 7.48. The molecule has 3 rings (SSSR count). The number of β-lactam (4-membered cyclic amide) rings is 1. The number of carboxylic acids is 1. The monoisotopic (exact) mass is 284 g/mol. The molecule has 7 heteroatoms. The Kier molecular flexibility index (Phi) is 2.78. The summed E-state index contributed by atoms with van der Waals surface area (Å²) in [6, 6.07) is -0.794. The number of hydrogen-bond donors (Lipinski definition) is 1. The minimum absolute atomic E-state index is 0.275. The molecule has 1 aliphatic carbocycles. The number of rotatable bonds is 4. The molecule has 2 heterocycles. The minimum Gasteiger partial charge on any atom is -0.480 e. The Morgan fingerprint density at radius 1 is 1.58 bits per heavy atom. The Labute approximate surface area is 115 Å². The van der Waals surface area contributed by atoms with Crippen molar-refractivity contribution < 1.29 is 19.5 Å². The lowest BCUT2D eigenvalue weighted by atomic mass is 9.98. The van der Waals surface area contributed by atoms with E-state index in [0.717, 1.165) is 12.8 Å². The van der Waals surface area contributed by atoms with Gasteiger partial charge in [0.1, 0.15) is 18.0 Å². The third-order valence-electron chi connectivity index (χ3n) is 3.70. The number of carbonyl (C=O) groups is 2. The highest BCUT2D eigenvalue weighted by Crippen LogP contribution is 2.49. The van der Waals surface area contributed by atoms with Crippen molar-refractivity contribution in [3.05, 3.63) is 0 Å². The first kappa shape index (κ1) is 12.8. The van der Waals surface area contributed by atoms with Gasteiger partial charge in [-0.25, -0.2) is 4.79 Å². The van der Waals surface area contributed by atoms with Crippen molar-refractivity contribution in [2.75, 3.05) is 6.61 Å². The van der Waals surface area contributed by atoms with E-state index in [0.29, 0.717) is 18.2 Å². The minimum atomic E-state index is -0.966. The van der Waals surface area contributed by atoms with Gasteiger partial charge in [-0.1, -0.05) is 5.16 Å². The van der Waals surface area contributed by atoms with E-state index in [1.54, 1.807) is 0 Å². The van der Waals surface area contributed by atoms with E-state index in [1.807, 2.05) is 13.8 Å². The molecule has 0 aromatic heterocycles. The maximum Gasteiger partial charge on any atom is 0.327 e. The van der Waals surface area contributed by atoms with Crippen LogP contribution in [0.3, 0.4) is 0 Å². The van der Waals surface area contributed by atoms with Crippen molar-refractivity contribution in [1.82, 2.24) is 4.90 Å². The summed E-state index contributed by atoms with van der Waals surface area (Å²) in [4.78, 5) is 29.8. The largest absolute Gasteiger partial charge is 0.480 e. The highest BCUT2D eigenvalue weighted by atomic mass is 32.2. The van der Waals surface area contributed by atoms with Crippen LogP contribution in [-0.4, -0.2) is 50.4 Å². The number of carboxylic acid groups (broad SMARTS) is 1. The van der Waals surface area contributed by atoms with Crippen LogP contribution in [-0.2, 0) is 14.4 Å². The normalized spacial score (nSPS) is 34.1. The van der Waals surface area contributed by atoms with E-state index < -0.39 is 16.8 Å². The zero-order valence-corrected chi connectivity index (χ0v) is 11.6. The van der Waals surface area contributed by atoms with Gasteiger partial charge in [-0.3, -0.25) is 4.79 Å². The van der Waals surface area contributed by atoms with Crippen LogP contribution in [0.2, 0.25) is 0 Å². The fourth-order valence-corrected chi connectivity index (χ4v) is 3.96. The Balaban J connectivity index is 1.72. The molecule has 104 valence electrons. The van der Waals surface area contributed by atoms with Crippen LogP contribution in [0.4, 0.5) is 0 Å². The lowest BCUT2D eigenvalue weighted by Gasteiger charge is -2.36. The average molecular weight is 284 g/mol. The number of carbonyl (C=O) groups excluding carboxylic acids is 1. The number of nitrogens with zero attached hydrogens (tertiary/aromatic N) is 2. The molecule has 0 radical (unpaired) electrons. The smallest absolute Gasteiger partial charge is 0.327 e. The number of hydrogen-bond acceptors (Lipinski definition) is 5.